The largest absolute Gasteiger partial charge is 0.493 e. The summed E-state index contributed by atoms with van der Waals surface area (Å²) in [5.74, 6) is -1.30. The molecule has 0 radical (unpaired) electrons. The van der Waals surface area contributed by atoms with Crippen LogP contribution in [-0.2, 0) is 24.3 Å². The zero-order valence-electron chi connectivity index (χ0n) is 12.1. The van der Waals surface area contributed by atoms with Crippen LogP contribution in [0, 0.1) is 0 Å². The highest BCUT2D eigenvalue weighted by Crippen LogP contribution is 2.16. The lowest BCUT2D eigenvalue weighted by molar-refractivity contribution is -0.141. The lowest BCUT2D eigenvalue weighted by Crippen LogP contribution is -2.38. The summed E-state index contributed by atoms with van der Waals surface area (Å²) in [5.41, 5.74) is 0. The Morgan fingerprint density at radius 2 is 1.86 bits per heavy atom. The molecule has 1 aromatic rings. The first kappa shape index (κ1) is 17.9. The summed E-state index contributed by atoms with van der Waals surface area (Å²) in [6.45, 7) is 1.33. The molecule has 8 nitrogen and oxygen atoms in total. The van der Waals surface area contributed by atoms with E-state index in [2.05, 4.69) is 4.74 Å². The fraction of sp³-hybridized carbons (Fsp3) is 0.385. The first-order valence-electron chi connectivity index (χ1n) is 6.31. The number of carboxylic acids is 1. The van der Waals surface area contributed by atoms with E-state index in [1.54, 1.807) is 0 Å². The van der Waals surface area contributed by atoms with Crippen LogP contribution in [0.3, 0.4) is 0 Å². The number of esters is 1. The maximum Gasteiger partial charge on any atom is 0.321 e. The molecule has 0 aliphatic carbocycles. The van der Waals surface area contributed by atoms with Crippen molar-refractivity contribution in [2.45, 2.75) is 24.3 Å². The van der Waals surface area contributed by atoms with E-state index in [0.29, 0.717) is 5.75 Å². The molecule has 0 saturated heterocycles. The zero-order valence-corrected chi connectivity index (χ0v) is 12.9. The third-order valence-corrected chi connectivity index (χ3v) is 4.20. The van der Waals surface area contributed by atoms with Crippen LogP contribution in [-0.4, -0.2) is 45.2 Å². The monoisotopic (exact) mass is 331 g/mol. The van der Waals surface area contributed by atoms with Gasteiger partial charge in [-0.2, -0.15) is 4.72 Å². The second kappa shape index (κ2) is 7.76. The average Bonchev–Trinajstić information content (AvgIpc) is 2.47. The topological polar surface area (TPSA) is 119 Å². The van der Waals surface area contributed by atoms with Crippen molar-refractivity contribution in [1.29, 1.82) is 0 Å². The van der Waals surface area contributed by atoms with Crippen LogP contribution in [0.5, 0.6) is 5.75 Å². The average molecular weight is 331 g/mol. The van der Waals surface area contributed by atoms with E-state index in [0.717, 1.165) is 0 Å². The number of carbonyl (C=O) groups excluding carboxylic acids is 1. The number of aliphatic carboxylic acids is 1. The highest BCUT2D eigenvalue weighted by atomic mass is 32.2. The summed E-state index contributed by atoms with van der Waals surface area (Å²) >= 11 is 0. The highest BCUT2D eigenvalue weighted by molar-refractivity contribution is 7.89. The lowest BCUT2D eigenvalue weighted by Gasteiger charge is -2.11. The predicted molar refractivity (Wildman–Crippen MR) is 76.0 cm³/mol. The van der Waals surface area contributed by atoms with Gasteiger partial charge in [-0.3, -0.25) is 9.59 Å². The summed E-state index contributed by atoms with van der Waals surface area (Å²) in [4.78, 5) is 21.5. The van der Waals surface area contributed by atoms with Crippen LogP contribution in [0.25, 0.3) is 0 Å². The van der Waals surface area contributed by atoms with Crippen molar-refractivity contribution in [1.82, 2.24) is 4.72 Å². The standard InChI is InChI=1S/C13H17NO7S/c1-9(13(16)17)14-22(18,19)11-5-3-10(4-6-11)21-8-7-12(15)20-2/h3-6,9,14H,7-8H2,1-2H3,(H,16,17)/t9-/m0/s1. The number of rotatable bonds is 8. The molecule has 9 heteroatoms. The number of ether oxygens (including phenoxy) is 2. The van der Waals surface area contributed by atoms with Crippen molar-refractivity contribution < 1.29 is 32.6 Å². The Kier molecular flexibility index (Phi) is 6.32. The number of carboxylic acid groups (broad SMARTS) is 1. The van der Waals surface area contributed by atoms with Gasteiger partial charge in [-0.25, -0.2) is 8.42 Å². The number of carbonyl (C=O) groups is 2. The third kappa shape index (κ3) is 5.34. The summed E-state index contributed by atoms with van der Waals surface area (Å²) < 4.78 is 35.6. The fourth-order valence-corrected chi connectivity index (χ4v) is 2.62. The molecule has 2 N–H and O–H groups in total. The maximum absolute atomic E-state index is 11.9. The summed E-state index contributed by atoms with van der Waals surface area (Å²) in [5, 5.41) is 8.71. The van der Waals surface area contributed by atoms with Crippen molar-refractivity contribution in [3.63, 3.8) is 0 Å². The molecule has 0 unspecified atom stereocenters. The van der Waals surface area contributed by atoms with Crippen molar-refractivity contribution in [2.75, 3.05) is 13.7 Å². The van der Waals surface area contributed by atoms with Gasteiger partial charge >= 0.3 is 11.9 Å². The van der Waals surface area contributed by atoms with Gasteiger partial charge in [-0.1, -0.05) is 0 Å². The summed E-state index contributed by atoms with van der Waals surface area (Å²) in [7, 11) is -2.65. The second-order valence-electron chi connectivity index (χ2n) is 4.33. The number of hydrogen-bond donors (Lipinski definition) is 2. The van der Waals surface area contributed by atoms with Crippen molar-refractivity contribution in [2.24, 2.45) is 0 Å². The smallest absolute Gasteiger partial charge is 0.321 e. The van der Waals surface area contributed by atoms with Gasteiger partial charge in [0.25, 0.3) is 0 Å². The minimum absolute atomic E-state index is 0.0776. The second-order valence-corrected chi connectivity index (χ2v) is 6.04. The molecule has 0 amide bonds. The van der Waals surface area contributed by atoms with E-state index in [4.69, 9.17) is 9.84 Å². The van der Waals surface area contributed by atoms with E-state index >= 15 is 0 Å². The van der Waals surface area contributed by atoms with E-state index in [9.17, 15) is 18.0 Å². The molecule has 0 spiro atoms. The highest BCUT2D eigenvalue weighted by Gasteiger charge is 2.21. The molecule has 0 aliphatic heterocycles. The van der Waals surface area contributed by atoms with Crippen LogP contribution < -0.4 is 9.46 Å². The SMILES string of the molecule is COC(=O)CCOc1ccc(S(=O)(=O)N[C@@H](C)C(=O)O)cc1. The van der Waals surface area contributed by atoms with Crippen LogP contribution in [0.2, 0.25) is 0 Å². The van der Waals surface area contributed by atoms with Gasteiger partial charge < -0.3 is 14.6 Å². The first-order chi connectivity index (χ1) is 10.3. The number of sulfonamides is 1. The van der Waals surface area contributed by atoms with Gasteiger partial charge in [0.2, 0.25) is 10.0 Å². The fourth-order valence-electron chi connectivity index (χ4n) is 1.42. The van der Waals surface area contributed by atoms with Crippen molar-refractivity contribution >= 4 is 22.0 Å². The molecule has 0 fully saturated rings. The molecule has 0 aromatic heterocycles. The molecule has 0 aliphatic rings. The molecule has 22 heavy (non-hydrogen) atoms. The number of nitrogens with one attached hydrogen (secondary N) is 1. The number of hydrogen-bond acceptors (Lipinski definition) is 6. The van der Waals surface area contributed by atoms with Crippen LogP contribution in [0.1, 0.15) is 13.3 Å². The van der Waals surface area contributed by atoms with Crippen molar-refractivity contribution in [3.8, 4) is 5.75 Å². The quantitative estimate of drug-likeness (QED) is 0.661. The Morgan fingerprint density at radius 3 is 2.36 bits per heavy atom. The van der Waals surface area contributed by atoms with E-state index in [1.165, 1.54) is 38.3 Å². The maximum atomic E-state index is 11.9. The number of benzene rings is 1. The van der Waals surface area contributed by atoms with E-state index in [-0.39, 0.29) is 17.9 Å². The van der Waals surface area contributed by atoms with Gasteiger partial charge in [-0.15, -0.1) is 0 Å². The van der Waals surface area contributed by atoms with E-state index < -0.39 is 28.0 Å². The Hall–Kier alpha value is -2.13. The van der Waals surface area contributed by atoms with Gasteiger partial charge in [-0.05, 0) is 31.2 Å². The van der Waals surface area contributed by atoms with E-state index in [1.807, 2.05) is 4.72 Å². The van der Waals surface area contributed by atoms with Gasteiger partial charge in [0.15, 0.2) is 0 Å². The van der Waals surface area contributed by atoms with Gasteiger partial charge in [0.1, 0.15) is 11.8 Å². The predicted octanol–water partition coefficient (Wildman–Crippen LogP) is 0.380. The summed E-state index contributed by atoms with van der Waals surface area (Å²) in [6, 6.07) is 4.16. The normalized spacial score (nSPS) is 12.5. The lowest BCUT2D eigenvalue weighted by atomic mass is 10.3. The minimum Gasteiger partial charge on any atom is -0.493 e. The van der Waals surface area contributed by atoms with Crippen LogP contribution in [0.15, 0.2) is 29.2 Å². The van der Waals surface area contributed by atoms with Crippen molar-refractivity contribution in [3.05, 3.63) is 24.3 Å². The Morgan fingerprint density at radius 1 is 1.27 bits per heavy atom. The zero-order chi connectivity index (χ0) is 16.8. The van der Waals surface area contributed by atoms with Crippen LogP contribution in [0.4, 0.5) is 0 Å². The Bertz CT molecular complexity index is 624. The molecule has 1 aromatic carbocycles. The first-order valence-corrected chi connectivity index (χ1v) is 7.79. The molecule has 0 saturated carbocycles. The molecule has 122 valence electrons. The van der Waals surface area contributed by atoms with Crippen LogP contribution >= 0.6 is 0 Å². The molecular weight excluding hydrogens is 314 g/mol. The molecule has 1 atom stereocenters. The molecule has 1 rings (SSSR count). The minimum atomic E-state index is -3.92. The third-order valence-electron chi connectivity index (χ3n) is 2.64. The molecule has 0 heterocycles. The Balaban J connectivity index is 2.67. The Labute approximate surface area is 128 Å². The summed E-state index contributed by atoms with van der Waals surface area (Å²) in [6.07, 6.45) is 0.0776. The number of methoxy groups -OCH3 is 1. The van der Waals surface area contributed by atoms with Gasteiger partial charge in [0, 0.05) is 0 Å². The molecule has 0 bridgehead atoms. The van der Waals surface area contributed by atoms with Gasteiger partial charge in [0.05, 0.1) is 25.0 Å². The molecular formula is C13H17NO7S.